The Bertz CT molecular complexity index is 889. The van der Waals surface area contributed by atoms with Gasteiger partial charge in [0.2, 0.25) is 0 Å². The molecule has 19 heteroatoms. The van der Waals surface area contributed by atoms with Crippen LogP contribution in [0, 0.1) is 0 Å². The molecule has 0 saturated carbocycles. The number of hydrogen-bond donors (Lipinski definition) is 4. The molecule has 0 spiro atoms. The topological polar surface area (TPSA) is 233 Å². The average Bonchev–Trinajstić information content (AvgIpc) is 2.90. The van der Waals surface area contributed by atoms with Crippen LogP contribution in [0.4, 0.5) is 5.82 Å². The van der Waals surface area contributed by atoms with Crippen LogP contribution in [-0.4, -0.2) is 36.9 Å². The number of nitrogens with two attached hydrogens (primary N) is 1. The van der Waals surface area contributed by atoms with E-state index >= 15 is 0 Å². The Morgan fingerprint density at radius 3 is 2.50 bits per heavy atom. The Balaban J connectivity index is 0.00000392. The summed E-state index contributed by atoms with van der Waals surface area (Å²) in [4.78, 5) is 52.6. The van der Waals surface area contributed by atoms with Crippen LogP contribution in [0.2, 0.25) is 0 Å². The molecular weight excluding hydrogens is 458 g/mol. The van der Waals surface area contributed by atoms with E-state index in [-0.39, 0.29) is 41.8 Å². The van der Waals surface area contributed by atoms with Crippen LogP contribution in [0.5, 0.6) is 0 Å². The fourth-order valence-corrected chi connectivity index (χ4v) is 5.14. The van der Waals surface area contributed by atoms with Crippen molar-refractivity contribution in [1.82, 2.24) is 9.55 Å². The number of nitrogens with zero attached hydrogens (tertiary/aromatic N) is 2. The van der Waals surface area contributed by atoms with Gasteiger partial charge in [0.05, 0.1) is 12.7 Å². The van der Waals surface area contributed by atoms with Crippen LogP contribution in [0.3, 0.4) is 0 Å². The summed E-state index contributed by atoms with van der Waals surface area (Å²) in [5, 5.41) is 0. The van der Waals surface area contributed by atoms with Crippen molar-refractivity contribution >= 4 is 29.3 Å². The second kappa shape index (κ2) is 9.90. The molecule has 1 aromatic rings. The maximum Gasteiger partial charge on any atom is 1.00 e. The zero-order chi connectivity index (χ0) is 20.5. The maximum absolute atomic E-state index is 11.7. The average molecular weight is 473 g/mol. The van der Waals surface area contributed by atoms with Crippen LogP contribution in [0.1, 0.15) is 19.1 Å². The van der Waals surface area contributed by atoms with Gasteiger partial charge in [-0.25, -0.2) is 18.2 Å². The quantitative estimate of drug-likeness (QED) is 0.210. The molecule has 4 atom stereocenters. The van der Waals surface area contributed by atoms with Crippen LogP contribution >= 0.6 is 23.5 Å². The molecular formula is C9H15N3NaO12P3. The van der Waals surface area contributed by atoms with Gasteiger partial charge in [-0.1, -0.05) is 0 Å². The molecule has 15 nitrogen and oxygen atoms in total. The molecule has 1 aliphatic heterocycles. The molecule has 1 saturated heterocycles. The Morgan fingerprint density at radius 1 is 1.29 bits per heavy atom. The van der Waals surface area contributed by atoms with Crippen molar-refractivity contribution in [3.05, 3.63) is 22.7 Å². The third-order valence-corrected chi connectivity index (χ3v) is 6.85. The van der Waals surface area contributed by atoms with Crippen LogP contribution < -0.4 is 45.9 Å². The van der Waals surface area contributed by atoms with E-state index in [9.17, 15) is 23.4 Å². The molecule has 2 rings (SSSR count). The number of aromatic nitrogens is 2. The van der Waals surface area contributed by atoms with Crippen LogP contribution in [-0.2, 0) is 31.6 Å². The molecule has 4 unspecified atom stereocenters. The summed E-state index contributed by atoms with van der Waals surface area (Å²) in [5.74, 6) is 0.0181. The summed E-state index contributed by atoms with van der Waals surface area (Å²) in [5.41, 5.74) is 4.70. The zero-order valence-electron chi connectivity index (χ0n) is 14.3. The van der Waals surface area contributed by atoms with E-state index in [1.807, 2.05) is 0 Å². The molecule has 1 aromatic heterocycles. The summed E-state index contributed by atoms with van der Waals surface area (Å²) in [6, 6.07) is 1.37. The molecule has 28 heavy (non-hydrogen) atoms. The van der Waals surface area contributed by atoms with Gasteiger partial charge < -0.3 is 34.6 Å². The molecule has 1 fully saturated rings. The first kappa shape index (κ1) is 26.1. The van der Waals surface area contributed by atoms with Crippen LogP contribution in [0.15, 0.2) is 17.1 Å². The van der Waals surface area contributed by atoms with Crippen molar-refractivity contribution in [2.75, 3.05) is 12.3 Å². The Kier molecular flexibility index (Phi) is 9.23. The van der Waals surface area contributed by atoms with Gasteiger partial charge in [0, 0.05) is 6.20 Å². The zero-order valence-corrected chi connectivity index (χ0v) is 18.9. The predicted molar refractivity (Wildman–Crippen MR) is 83.7 cm³/mol. The summed E-state index contributed by atoms with van der Waals surface area (Å²) >= 11 is 0. The predicted octanol–water partition coefficient (Wildman–Crippen LogP) is -3.78. The van der Waals surface area contributed by atoms with Gasteiger partial charge in [-0.2, -0.15) is 9.29 Å². The minimum atomic E-state index is -5.64. The molecule has 154 valence electrons. The third-order valence-electron chi connectivity index (χ3n) is 3.08. The minimum Gasteiger partial charge on any atom is -0.756 e. The van der Waals surface area contributed by atoms with E-state index in [0.29, 0.717) is 6.42 Å². The van der Waals surface area contributed by atoms with E-state index < -0.39 is 48.1 Å². The summed E-state index contributed by atoms with van der Waals surface area (Å²) in [6.45, 7) is -0.648. The SMILES string of the molecule is Nc1ccn(C2CCC(COP(=O)([O-])OP(=O)(O)OP(=O)(O)O)O2)c(=O)n1.[Na+]. The fourth-order valence-electron chi connectivity index (χ4n) is 2.13. The van der Waals surface area contributed by atoms with E-state index in [0.717, 1.165) is 4.57 Å². The van der Waals surface area contributed by atoms with E-state index in [1.54, 1.807) is 0 Å². The van der Waals surface area contributed by atoms with Gasteiger partial charge in [0.25, 0.3) is 7.82 Å². The molecule has 0 aliphatic carbocycles. The summed E-state index contributed by atoms with van der Waals surface area (Å²) in [7, 11) is -16.6. The number of rotatable bonds is 8. The third kappa shape index (κ3) is 8.42. The number of ether oxygens (including phenoxy) is 1. The summed E-state index contributed by atoms with van der Waals surface area (Å²) in [6.07, 6.45) is 0.335. The molecule has 0 aromatic carbocycles. The van der Waals surface area contributed by atoms with Crippen molar-refractivity contribution in [3.63, 3.8) is 0 Å². The number of phosphoric acid groups is 3. The number of nitrogen functional groups attached to an aromatic ring is 1. The van der Waals surface area contributed by atoms with Crippen molar-refractivity contribution in [2.45, 2.75) is 25.2 Å². The largest absolute Gasteiger partial charge is 1.00 e. The Morgan fingerprint density at radius 2 is 1.93 bits per heavy atom. The van der Waals surface area contributed by atoms with Crippen molar-refractivity contribution in [3.8, 4) is 0 Å². The van der Waals surface area contributed by atoms with E-state index in [4.69, 9.17) is 25.2 Å². The van der Waals surface area contributed by atoms with Crippen molar-refractivity contribution in [2.24, 2.45) is 0 Å². The smallest absolute Gasteiger partial charge is 0.756 e. The van der Waals surface area contributed by atoms with Gasteiger partial charge in [-0.05, 0) is 18.9 Å². The Hall–Kier alpha value is 0.0500. The molecule has 1 aliphatic rings. The van der Waals surface area contributed by atoms with Gasteiger partial charge in [-0.15, -0.1) is 0 Å². The van der Waals surface area contributed by atoms with Gasteiger partial charge in [0.1, 0.15) is 12.0 Å². The normalized spacial score (nSPS) is 24.1. The van der Waals surface area contributed by atoms with E-state index in [1.165, 1.54) is 12.3 Å². The molecule has 5 N–H and O–H groups in total. The van der Waals surface area contributed by atoms with E-state index in [2.05, 4.69) is 18.1 Å². The standard InChI is InChI=1S/C9H16N3O12P3.Na/c10-7-3-4-12(9(13)11-7)8-2-1-6(22-8)5-21-26(17,18)24-27(19,20)23-25(14,15)16;/h3-4,6,8H,1-2,5H2,(H,17,18)(H,19,20)(H2,10,11,13)(H2,14,15,16);/q;+1/p-1. The first-order valence-electron chi connectivity index (χ1n) is 7.03. The first-order chi connectivity index (χ1) is 12.3. The molecule has 0 radical (unpaired) electrons. The van der Waals surface area contributed by atoms with Gasteiger partial charge in [-0.3, -0.25) is 9.13 Å². The molecule has 0 amide bonds. The first-order valence-corrected chi connectivity index (χ1v) is 11.5. The molecule has 2 heterocycles. The number of anilines is 1. The number of hydrogen-bond acceptors (Lipinski definition) is 11. The van der Waals surface area contributed by atoms with Crippen molar-refractivity contribution < 1.29 is 80.7 Å². The minimum absolute atomic E-state index is 0. The summed E-state index contributed by atoms with van der Waals surface area (Å²) < 4.78 is 51.1. The van der Waals surface area contributed by atoms with Crippen molar-refractivity contribution in [1.29, 1.82) is 0 Å². The number of phosphoric ester groups is 1. The monoisotopic (exact) mass is 473 g/mol. The fraction of sp³-hybridized carbons (Fsp3) is 0.556. The maximum atomic E-state index is 11.7. The second-order valence-corrected chi connectivity index (χ2v) is 9.58. The van der Waals surface area contributed by atoms with Crippen LogP contribution in [0.25, 0.3) is 0 Å². The second-order valence-electron chi connectivity index (χ2n) is 5.20. The molecule has 0 bridgehead atoms. The van der Waals surface area contributed by atoms with Gasteiger partial charge in [0.15, 0.2) is 0 Å². The van der Waals surface area contributed by atoms with Gasteiger partial charge >= 0.3 is 50.9 Å². The Labute approximate surface area is 179 Å².